The van der Waals surface area contributed by atoms with E-state index in [0.717, 1.165) is 0 Å². The molecule has 0 atom stereocenters. The number of carbonyl (C=O) groups excluding carboxylic acids is 1. The zero-order valence-corrected chi connectivity index (χ0v) is 7.33. The molecular weight excluding hydrogens is 154 g/mol. The van der Waals surface area contributed by atoms with Gasteiger partial charge in [0.15, 0.2) is 0 Å². The third-order valence-electron chi connectivity index (χ3n) is 1.21. The number of esters is 1. The molecule has 0 aliphatic heterocycles. The third-order valence-corrected chi connectivity index (χ3v) is 1.21. The first-order chi connectivity index (χ1) is 5.61. The van der Waals surface area contributed by atoms with Crippen molar-refractivity contribution < 1.29 is 9.53 Å². The fraction of sp³-hybridized carbons (Fsp3) is 0.222. The molecule has 3 heteroatoms. The van der Waals surface area contributed by atoms with Crippen LogP contribution in [0.25, 0.3) is 0 Å². The minimum atomic E-state index is -0.380. The maximum Gasteiger partial charge on any atom is 0.337 e. The Balaban J connectivity index is 4.40. The quantitative estimate of drug-likeness (QED) is 0.389. The van der Waals surface area contributed by atoms with Gasteiger partial charge in [0.1, 0.15) is 0 Å². The highest BCUT2D eigenvalue weighted by Gasteiger charge is 2.02. The van der Waals surface area contributed by atoms with Gasteiger partial charge in [-0.2, -0.15) is 0 Å². The molecule has 0 unspecified atom stereocenters. The van der Waals surface area contributed by atoms with Crippen molar-refractivity contribution in [3.63, 3.8) is 0 Å². The SMILES string of the molecule is C=C(N)/C=C\C(=C/C)C(=O)OC. The summed E-state index contributed by atoms with van der Waals surface area (Å²) >= 11 is 0. The average molecular weight is 167 g/mol. The Kier molecular flexibility index (Phi) is 4.53. The molecule has 3 nitrogen and oxygen atoms in total. The van der Waals surface area contributed by atoms with Gasteiger partial charge in [0.25, 0.3) is 0 Å². The molecule has 0 amide bonds. The molecule has 0 saturated heterocycles. The summed E-state index contributed by atoms with van der Waals surface area (Å²) in [6.45, 7) is 5.20. The van der Waals surface area contributed by atoms with E-state index in [2.05, 4.69) is 11.3 Å². The number of rotatable bonds is 3. The van der Waals surface area contributed by atoms with Crippen LogP contribution in [-0.4, -0.2) is 13.1 Å². The molecule has 66 valence electrons. The lowest BCUT2D eigenvalue weighted by atomic mass is 10.2. The first-order valence-corrected chi connectivity index (χ1v) is 3.49. The monoisotopic (exact) mass is 167 g/mol. The van der Waals surface area contributed by atoms with Crippen LogP contribution < -0.4 is 5.73 Å². The molecule has 0 aliphatic carbocycles. The van der Waals surface area contributed by atoms with Crippen molar-refractivity contribution in [2.45, 2.75) is 6.92 Å². The van der Waals surface area contributed by atoms with Crippen LogP contribution in [0.1, 0.15) is 6.92 Å². The Labute approximate surface area is 72.2 Å². The van der Waals surface area contributed by atoms with Crippen LogP contribution in [0.2, 0.25) is 0 Å². The van der Waals surface area contributed by atoms with Crippen LogP contribution in [0.3, 0.4) is 0 Å². The Morgan fingerprint density at radius 1 is 1.50 bits per heavy atom. The van der Waals surface area contributed by atoms with Gasteiger partial charge in [-0.25, -0.2) is 4.79 Å². The van der Waals surface area contributed by atoms with Gasteiger partial charge in [0.2, 0.25) is 0 Å². The molecule has 0 saturated carbocycles. The first kappa shape index (κ1) is 10.5. The van der Waals surface area contributed by atoms with Gasteiger partial charge in [0, 0.05) is 5.70 Å². The van der Waals surface area contributed by atoms with Crippen molar-refractivity contribution in [2.24, 2.45) is 5.73 Å². The van der Waals surface area contributed by atoms with Crippen molar-refractivity contribution >= 4 is 5.97 Å². The van der Waals surface area contributed by atoms with Crippen molar-refractivity contribution in [1.29, 1.82) is 0 Å². The summed E-state index contributed by atoms with van der Waals surface area (Å²) in [6.07, 6.45) is 4.76. The Morgan fingerprint density at radius 2 is 2.08 bits per heavy atom. The Morgan fingerprint density at radius 3 is 2.42 bits per heavy atom. The van der Waals surface area contributed by atoms with Crippen LogP contribution in [0.4, 0.5) is 0 Å². The number of methoxy groups -OCH3 is 1. The largest absolute Gasteiger partial charge is 0.465 e. The van der Waals surface area contributed by atoms with Crippen LogP contribution in [0.15, 0.2) is 36.1 Å². The first-order valence-electron chi connectivity index (χ1n) is 3.49. The number of hydrogen-bond acceptors (Lipinski definition) is 3. The molecule has 2 N–H and O–H groups in total. The lowest BCUT2D eigenvalue weighted by molar-refractivity contribution is -0.135. The molecule has 12 heavy (non-hydrogen) atoms. The minimum absolute atomic E-state index is 0.380. The highest BCUT2D eigenvalue weighted by molar-refractivity contribution is 5.91. The zero-order valence-electron chi connectivity index (χ0n) is 7.33. The van der Waals surface area contributed by atoms with Crippen molar-refractivity contribution in [3.8, 4) is 0 Å². The topological polar surface area (TPSA) is 52.3 Å². The molecule has 0 fully saturated rings. The second-order valence-corrected chi connectivity index (χ2v) is 2.14. The maximum absolute atomic E-state index is 10.9. The van der Waals surface area contributed by atoms with E-state index in [4.69, 9.17) is 5.73 Å². The van der Waals surface area contributed by atoms with Crippen molar-refractivity contribution in [3.05, 3.63) is 36.1 Å². The van der Waals surface area contributed by atoms with E-state index in [1.54, 1.807) is 25.2 Å². The summed E-state index contributed by atoms with van der Waals surface area (Å²) in [4.78, 5) is 10.9. The third kappa shape index (κ3) is 3.61. The molecule has 0 rings (SSSR count). The van der Waals surface area contributed by atoms with E-state index in [1.165, 1.54) is 7.11 Å². The highest BCUT2D eigenvalue weighted by Crippen LogP contribution is 2.00. The van der Waals surface area contributed by atoms with Gasteiger partial charge in [-0.3, -0.25) is 0 Å². The van der Waals surface area contributed by atoms with E-state index >= 15 is 0 Å². The number of hydrogen-bond donors (Lipinski definition) is 1. The smallest absolute Gasteiger partial charge is 0.337 e. The molecule has 0 bridgehead atoms. The summed E-state index contributed by atoms with van der Waals surface area (Å²) in [6, 6.07) is 0. The van der Waals surface area contributed by atoms with Gasteiger partial charge in [-0.15, -0.1) is 0 Å². The summed E-state index contributed by atoms with van der Waals surface area (Å²) in [5.74, 6) is -0.380. The van der Waals surface area contributed by atoms with E-state index in [9.17, 15) is 4.79 Å². The summed E-state index contributed by atoms with van der Waals surface area (Å²) < 4.78 is 4.51. The van der Waals surface area contributed by atoms with Gasteiger partial charge in [-0.1, -0.05) is 12.7 Å². The lowest BCUT2D eigenvalue weighted by Gasteiger charge is -1.97. The van der Waals surface area contributed by atoms with Gasteiger partial charge in [-0.05, 0) is 19.1 Å². The van der Waals surface area contributed by atoms with Crippen molar-refractivity contribution in [2.75, 3.05) is 7.11 Å². The van der Waals surface area contributed by atoms with Crippen LogP contribution >= 0.6 is 0 Å². The van der Waals surface area contributed by atoms with Gasteiger partial charge < -0.3 is 10.5 Å². The molecule has 0 aromatic heterocycles. The van der Waals surface area contributed by atoms with Crippen LogP contribution in [0, 0.1) is 0 Å². The normalized spacial score (nSPS) is 11.7. The summed E-state index contributed by atoms with van der Waals surface area (Å²) in [5, 5.41) is 0. The van der Waals surface area contributed by atoms with E-state index < -0.39 is 0 Å². The fourth-order valence-electron chi connectivity index (χ4n) is 0.597. The Bertz CT molecular complexity index is 239. The van der Waals surface area contributed by atoms with Crippen molar-refractivity contribution in [1.82, 2.24) is 0 Å². The molecule has 0 spiro atoms. The molecule has 0 aliphatic rings. The Hall–Kier alpha value is -1.51. The maximum atomic E-state index is 10.9. The fourth-order valence-corrected chi connectivity index (χ4v) is 0.597. The molecule has 0 radical (unpaired) electrons. The van der Waals surface area contributed by atoms with E-state index in [-0.39, 0.29) is 5.97 Å². The molecule has 0 aromatic rings. The number of ether oxygens (including phenoxy) is 1. The molecular formula is C9H13NO2. The summed E-state index contributed by atoms with van der Waals surface area (Å²) in [7, 11) is 1.33. The van der Waals surface area contributed by atoms with Crippen LogP contribution in [0.5, 0.6) is 0 Å². The minimum Gasteiger partial charge on any atom is -0.465 e. The molecule has 0 aromatic carbocycles. The highest BCUT2D eigenvalue weighted by atomic mass is 16.5. The summed E-state index contributed by atoms with van der Waals surface area (Å²) in [5.41, 5.74) is 6.14. The lowest BCUT2D eigenvalue weighted by Crippen LogP contribution is -2.02. The van der Waals surface area contributed by atoms with E-state index in [0.29, 0.717) is 11.3 Å². The number of allylic oxidation sites excluding steroid dienone is 2. The van der Waals surface area contributed by atoms with Gasteiger partial charge >= 0.3 is 5.97 Å². The number of carbonyl (C=O) groups is 1. The second kappa shape index (κ2) is 5.18. The standard InChI is InChI=1S/C9H13NO2/c1-4-8(9(11)12-3)6-5-7(2)10/h4-6H,2,10H2,1,3H3/b6-5-,8-4+. The predicted octanol–water partition coefficient (Wildman–Crippen LogP) is 1.13. The van der Waals surface area contributed by atoms with Gasteiger partial charge in [0.05, 0.1) is 12.7 Å². The van der Waals surface area contributed by atoms with E-state index in [1.807, 2.05) is 0 Å². The van der Waals surface area contributed by atoms with Crippen LogP contribution in [-0.2, 0) is 9.53 Å². The molecule has 0 heterocycles. The predicted molar refractivity (Wildman–Crippen MR) is 48.2 cm³/mol. The second-order valence-electron chi connectivity index (χ2n) is 2.14. The average Bonchev–Trinajstić information content (AvgIpc) is 2.04. The zero-order chi connectivity index (χ0) is 9.56. The number of nitrogens with two attached hydrogens (primary N) is 1.